The van der Waals surface area contributed by atoms with Crippen LogP contribution in [-0.2, 0) is 0 Å². The maximum atomic E-state index is 4.96. The van der Waals surface area contributed by atoms with E-state index in [9.17, 15) is 0 Å². The van der Waals surface area contributed by atoms with Gasteiger partial charge < -0.3 is 4.57 Å². The van der Waals surface area contributed by atoms with Crippen molar-refractivity contribution >= 4 is 53.3 Å². The Labute approximate surface area is 257 Å². The second-order valence-corrected chi connectivity index (χ2v) is 12.0. The third kappa shape index (κ3) is 3.94. The molecule has 0 unspecified atom stereocenters. The molecule has 6 aromatic carbocycles. The first-order valence-corrected chi connectivity index (χ1v) is 15.4. The Balaban J connectivity index is 1.25. The fourth-order valence-electron chi connectivity index (χ4n) is 6.25. The molecule has 9 rings (SSSR count). The summed E-state index contributed by atoms with van der Waals surface area (Å²) in [6.45, 7) is 0. The van der Waals surface area contributed by atoms with Gasteiger partial charge in [0.1, 0.15) is 0 Å². The minimum Gasteiger partial charge on any atom is -0.309 e. The lowest BCUT2D eigenvalue weighted by atomic mass is 10.1. The number of fused-ring (bicyclic) bond motifs is 6. The zero-order valence-electron chi connectivity index (χ0n) is 23.6. The number of benzene rings is 6. The van der Waals surface area contributed by atoms with Crippen molar-refractivity contribution in [3.63, 3.8) is 0 Å². The molecule has 0 spiro atoms. The number of para-hydroxylation sites is 2. The first-order valence-electron chi connectivity index (χ1n) is 14.6. The van der Waals surface area contributed by atoms with Crippen molar-refractivity contribution in [3.05, 3.63) is 146 Å². The number of thiophene rings is 1. The highest BCUT2D eigenvalue weighted by Crippen LogP contribution is 2.42. The molecule has 4 nitrogen and oxygen atoms in total. The number of hydrogen-bond acceptors (Lipinski definition) is 4. The molecule has 0 fully saturated rings. The van der Waals surface area contributed by atoms with Crippen molar-refractivity contribution in [2.45, 2.75) is 0 Å². The third-order valence-electron chi connectivity index (χ3n) is 8.25. The monoisotopic (exact) mass is 580 g/mol. The number of nitrogens with zero attached hydrogens (tertiary/aromatic N) is 4. The summed E-state index contributed by atoms with van der Waals surface area (Å²) in [5, 5.41) is 5.02. The van der Waals surface area contributed by atoms with Crippen LogP contribution in [0.25, 0.3) is 81.8 Å². The lowest BCUT2D eigenvalue weighted by Gasteiger charge is -2.10. The average molecular weight is 581 g/mol. The molecule has 0 aliphatic carbocycles. The largest absolute Gasteiger partial charge is 0.309 e. The van der Waals surface area contributed by atoms with E-state index in [2.05, 4.69) is 89.5 Å². The van der Waals surface area contributed by atoms with E-state index in [1.807, 2.05) is 72.0 Å². The molecule has 0 aliphatic rings. The Hall–Kier alpha value is -5.65. The van der Waals surface area contributed by atoms with Crippen LogP contribution >= 0.6 is 11.3 Å². The molecule has 44 heavy (non-hydrogen) atoms. The number of hydrogen-bond donors (Lipinski definition) is 0. The van der Waals surface area contributed by atoms with E-state index >= 15 is 0 Å². The van der Waals surface area contributed by atoms with Gasteiger partial charge in [0.2, 0.25) is 0 Å². The second kappa shape index (κ2) is 9.97. The molecule has 0 radical (unpaired) electrons. The van der Waals surface area contributed by atoms with Gasteiger partial charge in [-0.05, 0) is 30.3 Å². The molecule has 9 aromatic rings. The highest BCUT2D eigenvalue weighted by Gasteiger charge is 2.18. The van der Waals surface area contributed by atoms with Gasteiger partial charge in [-0.25, -0.2) is 15.0 Å². The Morgan fingerprint density at radius 1 is 0.409 bits per heavy atom. The zero-order chi connectivity index (χ0) is 29.0. The quantitative estimate of drug-likeness (QED) is 0.208. The molecule has 0 atom stereocenters. The van der Waals surface area contributed by atoms with Gasteiger partial charge in [0.05, 0.1) is 16.7 Å². The van der Waals surface area contributed by atoms with Crippen LogP contribution < -0.4 is 0 Å². The fourth-order valence-corrected chi connectivity index (χ4v) is 7.42. The molecule has 3 aromatic heterocycles. The van der Waals surface area contributed by atoms with Crippen LogP contribution in [0, 0.1) is 0 Å². The van der Waals surface area contributed by atoms with Crippen molar-refractivity contribution in [2.24, 2.45) is 0 Å². The van der Waals surface area contributed by atoms with Crippen LogP contribution in [0.5, 0.6) is 0 Å². The highest BCUT2D eigenvalue weighted by atomic mass is 32.1. The lowest BCUT2D eigenvalue weighted by molar-refractivity contribution is 1.07. The van der Waals surface area contributed by atoms with Crippen molar-refractivity contribution in [3.8, 4) is 39.9 Å². The van der Waals surface area contributed by atoms with Crippen LogP contribution in [0.15, 0.2) is 146 Å². The molecule has 0 saturated carbocycles. The van der Waals surface area contributed by atoms with E-state index in [-0.39, 0.29) is 0 Å². The van der Waals surface area contributed by atoms with Crippen molar-refractivity contribution in [1.82, 2.24) is 19.5 Å². The predicted molar refractivity (Wildman–Crippen MR) is 183 cm³/mol. The summed E-state index contributed by atoms with van der Waals surface area (Å²) in [5.74, 6) is 2.00. The molecular formula is C39H24N4S. The highest BCUT2D eigenvalue weighted by molar-refractivity contribution is 7.26. The van der Waals surface area contributed by atoms with Gasteiger partial charge >= 0.3 is 0 Å². The van der Waals surface area contributed by atoms with Gasteiger partial charge in [-0.1, -0.05) is 115 Å². The van der Waals surface area contributed by atoms with Gasteiger partial charge in [-0.15, -0.1) is 11.3 Å². The minimum atomic E-state index is 0.666. The average Bonchev–Trinajstić information content (AvgIpc) is 3.64. The summed E-state index contributed by atoms with van der Waals surface area (Å²) < 4.78 is 4.87. The van der Waals surface area contributed by atoms with Crippen molar-refractivity contribution in [2.75, 3.05) is 0 Å². The summed E-state index contributed by atoms with van der Waals surface area (Å²) in [6.07, 6.45) is 0. The molecule has 0 amide bonds. The minimum absolute atomic E-state index is 0.666. The van der Waals surface area contributed by atoms with Crippen LogP contribution in [0.3, 0.4) is 0 Å². The Bertz CT molecular complexity index is 2380. The van der Waals surface area contributed by atoms with E-state index in [0.717, 1.165) is 16.7 Å². The van der Waals surface area contributed by atoms with Crippen molar-refractivity contribution in [1.29, 1.82) is 0 Å². The number of aromatic nitrogens is 4. The van der Waals surface area contributed by atoms with Gasteiger partial charge in [0.15, 0.2) is 17.5 Å². The molecular weight excluding hydrogens is 557 g/mol. The molecule has 0 N–H and O–H groups in total. The Morgan fingerprint density at radius 2 is 0.955 bits per heavy atom. The Morgan fingerprint density at radius 3 is 1.57 bits per heavy atom. The van der Waals surface area contributed by atoms with Crippen LogP contribution in [-0.4, -0.2) is 19.5 Å². The normalized spacial score (nSPS) is 11.6. The SMILES string of the molecule is c1ccc(-c2nc(-c3ccccc3)nc(-c3ccc4c(c3)sc3cccc(-n5c6ccccc6c6ccccc65)c34)n2)cc1. The van der Waals surface area contributed by atoms with E-state index in [1.165, 1.54) is 47.7 Å². The molecule has 206 valence electrons. The summed E-state index contributed by atoms with van der Waals surface area (Å²) >= 11 is 1.81. The summed E-state index contributed by atoms with van der Waals surface area (Å²) in [6, 6.07) is 50.8. The third-order valence-corrected chi connectivity index (χ3v) is 9.37. The maximum Gasteiger partial charge on any atom is 0.164 e. The topological polar surface area (TPSA) is 43.6 Å². The molecule has 0 saturated heterocycles. The van der Waals surface area contributed by atoms with Crippen LogP contribution in [0.1, 0.15) is 0 Å². The first-order chi connectivity index (χ1) is 21.8. The van der Waals surface area contributed by atoms with Gasteiger partial charge in [0, 0.05) is 47.6 Å². The fraction of sp³-hybridized carbons (Fsp3) is 0. The van der Waals surface area contributed by atoms with E-state index in [0.29, 0.717) is 17.5 Å². The molecule has 0 aliphatic heterocycles. The number of rotatable bonds is 4. The summed E-state index contributed by atoms with van der Waals surface area (Å²) in [5.41, 5.74) is 6.52. The first kappa shape index (κ1) is 24.9. The van der Waals surface area contributed by atoms with Crippen LogP contribution in [0.2, 0.25) is 0 Å². The van der Waals surface area contributed by atoms with E-state index in [1.54, 1.807) is 0 Å². The van der Waals surface area contributed by atoms with E-state index < -0.39 is 0 Å². The van der Waals surface area contributed by atoms with Gasteiger partial charge in [0.25, 0.3) is 0 Å². The zero-order valence-corrected chi connectivity index (χ0v) is 24.4. The van der Waals surface area contributed by atoms with Gasteiger partial charge in [-0.3, -0.25) is 0 Å². The maximum absolute atomic E-state index is 4.96. The predicted octanol–water partition coefficient (Wildman–Crippen LogP) is 10.3. The molecule has 0 bridgehead atoms. The summed E-state index contributed by atoms with van der Waals surface area (Å²) in [7, 11) is 0. The van der Waals surface area contributed by atoms with E-state index in [4.69, 9.17) is 15.0 Å². The van der Waals surface area contributed by atoms with Gasteiger partial charge in [-0.2, -0.15) is 0 Å². The van der Waals surface area contributed by atoms with Crippen LogP contribution in [0.4, 0.5) is 0 Å². The molecule has 3 heterocycles. The second-order valence-electron chi connectivity index (χ2n) is 10.9. The standard InChI is InChI=1S/C39H24N4S/c1-3-12-25(13-4-1)37-40-38(26-14-5-2-6-15-26)42-39(41-37)27-22-23-30-35(24-27)44-34-21-11-20-33(36(30)34)43-31-18-9-7-16-28(31)29-17-8-10-19-32(29)43/h1-24H. The van der Waals surface area contributed by atoms with Crippen molar-refractivity contribution < 1.29 is 0 Å². The summed E-state index contributed by atoms with van der Waals surface area (Å²) in [4.78, 5) is 14.8. The smallest absolute Gasteiger partial charge is 0.164 e. The lowest BCUT2D eigenvalue weighted by Crippen LogP contribution is -2.00. The molecule has 5 heteroatoms. The Kier molecular flexibility index (Phi) is 5.64.